The number of rotatable bonds is 2. The first-order valence-electron chi connectivity index (χ1n) is 5.09. The number of hydrogen-bond acceptors (Lipinski definition) is 3. The van der Waals surface area contributed by atoms with Crippen LogP contribution in [0.5, 0.6) is 0 Å². The number of nitrogens with zero attached hydrogens (tertiary/aromatic N) is 2. The van der Waals surface area contributed by atoms with E-state index in [1.54, 1.807) is 11.4 Å². The number of hydrogen-bond donors (Lipinski definition) is 2. The maximum absolute atomic E-state index is 12.6. The Morgan fingerprint density at radius 3 is 2.55 bits per heavy atom. The number of alkyl halides is 3. The number of benzene rings is 1. The Kier molecular flexibility index (Phi) is 5.12. The predicted octanol–water partition coefficient (Wildman–Crippen LogP) is 3.31. The van der Waals surface area contributed by atoms with Gasteiger partial charge in [0.05, 0.1) is 11.3 Å². The van der Waals surface area contributed by atoms with Gasteiger partial charge < -0.3 is 11.5 Å². The second-order valence-electron chi connectivity index (χ2n) is 3.63. The first-order chi connectivity index (χ1) is 8.86. The average Bonchev–Trinajstić information content (AvgIpc) is 2.76. The van der Waals surface area contributed by atoms with Crippen LogP contribution >= 0.6 is 28.3 Å². The van der Waals surface area contributed by atoms with E-state index in [2.05, 4.69) is 9.98 Å². The third-order valence-electron chi connectivity index (χ3n) is 2.20. The van der Waals surface area contributed by atoms with Gasteiger partial charge >= 0.3 is 6.18 Å². The van der Waals surface area contributed by atoms with Crippen molar-refractivity contribution in [2.75, 3.05) is 0 Å². The lowest BCUT2D eigenvalue weighted by Gasteiger charge is -2.07. The highest BCUT2D eigenvalue weighted by Gasteiger charge is 2.30. The van der Waals surface area contributed by atoms with Crippen molar-refractivity contribution in [3.8, 4) is 11.3 Å². The zero-order valence-corrected chi connectivity index (χ0v) is 12.4. The summed E-state index contributed by atoms with van der Waals surface area (Å²) in [5.74, 6) is -0.148. The highest BCUT2D eigenvalue weighted by atomic mass is 79.9. The molecular weight excluding hydrogens is 357 g/mol. The van der Waals surface area contributed by atoms with Gasteiger partial charge in [-0.2, -0.15) is 18.2 Å². The molecule has 4 N–H and O–H groups in total. The average molecular weight is 367 g/mol. The van der Waals surface area contributed by atoms with Crippen LogP contribution in [0.1, 0.15) is 5.56 Å². The minimum atomic E-state index is -4.38. The van der Waals surface area contributed by atoms with E-state index in [0.717, 1.165) is 23.5 Å². The molecule has 0 saturated heterocycles. The number of aliphatic imine (C=N–C) groups is 1. The summed E-state index contributed by atoms with van der Waals surface area (Å²) in [6.07, 6.45) is -4.38. The summed E-state index contributed by atoms with van der Waals surface area (Å²) in [6, 6.07) is 4.92. The second kappa shape index (κ2) is 6.23. The first kappa shape index (κ1) is 16.4. The smallest absolute Gasteiger partial charge is 0.370 e. The number of aromatic nitrogens is 1. The number of guanidine groups is 1. The summed E-state index contributed by atoms with van der Waals surface area (Å²) in [5.41, 5.74) is 10.4. The van der Waals surface area contributed by atoms with E-state index in [0.29, 0.717) is 16.4 Å². The molecule has 20 heavy (non-hydrogen) atoms. The Morgan fingerprint density at radius 2 is 1.95 bits per heavy atom. The normalized spacial score (nSPS) is 10.8. The van der Waals surface area contributed by atoms with Crippen LogP contribution in [0.4, 0.5) is 18.3 Å². The fourth-order valence-corrected chi connectivity index (χ4v) is 2.13. The van der Waals surface area contributed by atoms with Crippen molar-refractivity contribution in [2.24, 2.45) is 16.5 Å². The molecule has 0 radical (unpaired) electrons. The molecule has 2 rings (SSSR count). The van der Waals surface area contributed by atoms with Crippen LogP contribution in [0.15, 0.2) is 34.6 Å². The van der Waals surface area contributed by atoms with Gasteiger partial charge in [0.15, 0.2) is 5.96 Å². The minimum absolute atomic E-state index is 0. The van der Waals surface area contributed by atoms with Crippen molar-refractivity contribution in [3.63, 3.8) is 0 Å². The number of nitrogens with two attached hydrogens (primary N) is 2. The molecule has 0 aliphatic carbocycles. The van der Waals surface area contributed by atoms with E-state index < -0.39 is 11.7 Å². The molecule has 0 bridgehead atoms. The highest BCUT2D eigenvalue weighted by molar-refractivity contribution is 8.93. The summed E-state index contributed by atoms with van der Waals surface area (Å²) in [4.78, 5) is 7.78. The molecule has 0 fully saturated rings. The van der Waals surface area contributed by atoms with E-state index in [1.807, 2.05) is 0 Å². The van der Waals surface area contributed by atoms with Crippen LogP contribution in [-0.2, 0) is 6.18 Å². The number of thiazole rings is 1. The largest absolute Gasteiger partial charge is 0.416 e. The molecule has 0 saturated carbocycles. The molecule has 2 aromatic rings. The van der Waals surface area contributed by atoms with Gasteiger partial charge in [0, 0.05) is 10.9 Å². The molecule has 108 valence electrons. The van der Waals surface area contributed by atoms with Crippen LogP contribution in [0, 0.1) is 0 Å². The molecule has 4 nitrogen and oxygen atoms in total. The van der Waals surface area contributed by atoms with E-state index >= 15 is 0 Å². The molecule has 0 amide bonds. The van der Waals surface area contributed by atoms with Gasteiger partial charge in [-0.1, -0.05) is 12.1 Å². The Balaban J connectivity index is 0.00000200. The molecule has 1 aromatic heterocycles. The quantitative estimate of drug-likeness (QED) is 0.632. The summed E-state index contributed by atoms with van der Waals surface area (Å²) in [5, 5.41) is 1.89. The molecular formula is C11H10BrF3N4S. The van der Waals surface area contributed by atoms with Crippen LogP contribution < -0.4 is 11.5 Å². The van der Waals surface area contributed by atoms with E-state index in [4.69, 9.17) is 11.5 Å². The fourth-order valence-electron chi connectivity index (χ4n) is 1.41. The maximum Gasteiger partial charge on any atom is 0.416 e. The molecule has 0 aliphatic heterocycles. The fraction of sp³-hybridized carbons (Fsp3) is 0.0909. The van der Waals surface area contributed by atoms with Crippen LogP contribution in [-0.4, -0.2) is 10.9 Å². The molecule has 9 heteroatoms. The summed E-state index contributed by atoms with van der Waals surface area (Å²) in [6.45, 7) is 0. The second-order valence-corrected chi connectivity index (χ2v) is 4.47. The topological polar surface area (TPSA) is 77.3 Å². The monoisotopic (exact) mass is 366 g/mol. The van der Waals surface area contributed by atoms with Gasteiger partial charge in [-0.15, -0.1) is 28.3 Å². The molecule has 0 spiro atoms. The zero-order valence-electron chi connectivity index (χ0n) is 9.89. The van der Waals surface area contributed by atoms with E-state index in [9.17, 15) is 13.2 Å². The lowest BCUT2D eigenvalue weighted by molar-refractivity contribution is -0.137. The lowest BCUT2D eigenvalue weighted by Crippen LogP contribution is -2.21. The zero-order chi connectivity index (χ0) is 14.0. The molecule has 0 aliphatic rings. The Morgan fingerprint density at radius 1 is 1.25 bits per heavy atom. The summed E-state index contributed by atoms with van der Waals surface area (Å²) < 4.78 is 37.8. The Labute approximate surface area is 127 Å². The van der Waals surface area contributed by atoms with Crippen molar-refractivity contribution in [2.45, 2.75) is 6.18 Å². The van der Waals surface area contributed by atoms with Crippen molar-refractivity contribution >= 4 is 39.4 Å². The molecule has 0 unspecified atom stereocenters. The lowest BCUT2D eigenvalue weighted by atomic mass is 10.1. The van der Waals surface area contributed by atoms with E-state index in [-0.39, 0.29) is 22.9 Å². The van der Waals surface area contributed by atoms with Crippen LogP contribution in [0.25, 0.3) is 11.3 Å². The summed E-state index contributed by atoms with van der Waals surface area (Å²) >= 11 is 1.15. The van der Waals surface area contributed by atoms with Crippen molar-refractivity contribution in [1.29, 1.82) is 0 Å². The van der Waals surface area contributed by atoms with E-state index in [1.165, 1.54) is 6.07 Å². The van der Waals surface area contributed by atoms with Crippen molar-refractivity contribution in [3.05, 3.63) is 35.2 Å². The van der Waals surface area contributed by atoms with Crippen LogP contribution in [0.3, 0.4) is 0 Å². The van der Waals surface area contributed by atoms with Gasteiger partial charge in [-0.05, 0) is 12.1 Å². The molecule has 1 aromatic carbocycles. The molecule has 1 heterocycles. The Hall–Kier alpha value is -1.61. The van der Waals surface area contributed by atoms with Gasteiger partial charge in [-0.3, -0.25) is 0 Å². The SMILES string of the molecule is Br.NC(N)=Nc1nc(-c2cccc(C(F)(F)F)c2)cs1. The predicted molar refractivity (Wildman–Crippen MR) is 78.3 cm³/mol. The van der Waals surface area contributed by atoms with Gasteiger partial charge in [-0.25, -0.2) is 4.98 Å². The summed E-state index contributed by atoms with van der Waals surface area (Å²) in [7, 11) is 0. The first-order valence-corrected chi connectivity index (χ1v) is 5.97. The van der Waals surface area contributed by atoms with Gasteiger partial charge in [0.2, 0.25) is 5.13 Å². The standard InChI is InChI=1S/C11H9F3N4S.BrH/c12-11(13,14)7-3-1-2-6(4-7)8-5-19-10(17-8)18-9(15)16;/h1-5H,(H4,15,16,17,18);1H. The highest BCUT2D eigenvalue weighted by Crippen LogP contribution is 2.33. The van der Waals surface area contributed by atoms with Crippen molar-refractivity contribution in [1.82, 2.24) is 4.98 Å². The minimum Gasteiger partial charge on any atom is -0.370 e. The third kappa shape index (κ3) is 3.94. The van der Waals surface area contributed by atoms with Gasteiger partial charge in [0.1, 0.15) is 0 Å². The molecule has 0 atom stereocenters. The van der Waals surface area contributed by atoms with Crippen LogP contribution in [0.2, 0.25) is 0 Å². The Bertz CT molecular complexity index is 620. The van der Waals surface area contributed by atoms with Gasteiger partial charge in [0.25, 0.3) is 0 Å². The van der Waals surface area contributed by atoms with Crippen molar-refractivity contribution < 1.29 is 13.2 Å². The maximum atomic E-state index is 12.6. The number of halogens is 4. The third-order valence-corrected chi connectivity index (χ3v) is 2.94.